The number of aromatic hydroxyl groups is 1. The Morgan fingerprint density at radius 3 is 2.65 bits per heavy atom. The first-order valence-electron chi connectivity index (χ1n) is 5.36. The maximum atomic E-state index is 11.8. The summed E-state index contributed by atoms with van der Waals surface area (Å²) in [7, 11) is 0. The number of aliphatic hydroxyl groups excluding tert-OH is 1. The van der Waals surface area contributed by atoms with Crippen molar-refractivity contribution in [1.29, 1.82) is 0 Å². The van der Waals surface area contributed by atoms with Gasteiger partial charge in [0.25, 0.3) is 5.91 Å². The molecule has 0 saturated heterocycles. The number of phenolic OH excluding ortho intramolecular Hbond substituents is 1. The average molecular weight is 258 g/mol. The Morgan fingerprint density at radius 1 is 1.47 bits per heavy atom. The fraction of sp³-hybridized carbons (Fsp3) is 0.417. The summed E-state index contributed by atoms with van der Waals surface area (Å²) in [6.07, 6.45) is 0. The zero-order valence-corrected chi connectivity index (χ0v) is 10.5. The molecule has 1 aromatic rings. The van der Waals surface area contributed by atoms with Crippen LogP contribution in [0.4, 0.5) is 0 Å². The molecule has 0 fully saturated rings. The summed E-state index contributed by atoms with van der Waals surface area (Å²) in [6, 6.07) is 4.13. The van der Waals surface area contributed by atoms with Crippen molar-refractivity contribution in [2.24, 2.45) is 5.92 Å². The van der Waals surface area contributed by atoms with Gasteiger partial charge in [-0.3, -0.25) is 4.79 Å². The SMILES string of the molecule is CC(CO)C(C)NC(=O)c1ccc(O)c(Cl)c1. The third-order valence-corrected chi connectivity index (χ3v) is 3.01. The minimum Gasteiger partial charge on any atom is -0.506 e. The number of carbonyl (C=O) groups is 1. The van der Waals surface area contributed by atoms with E-state index in [0.29, 0.717) is 5.56 Å². The van der Waals surface area contributed by atoms with Gasteiger partial charge in [-0.2, -0.15) is 0 Å². The molecule has 5 heteroatoms. The van der Waals surface area contributed by atoms with Gasteiger partial charge in [-0.25, -0.2) is 0 Å². The first-order valence-corrected chi connectivity index (χ1v) is 5.73. The van der Waals surface area contributed by atoms with E-state index < -0.39 is 0 Å². The van der Waals surface area contributed by atoms with Gasteiger partial charge < -0.3 is 15.5 Å². The highest BCUT2D eigenvalue weighted by atomic mass is 35.5. The zero-order chi connectivity index (χ0) is 13.0. The van der Waals surface area contributed by atoms with E-state index in [1.807, 2.05) is 13.8 Å². The Bertz CT molecular complexity index is 409. The molecule has 0 aliphatic heterocycles. The number of hydrogen-bond acceptors (Lipinski definition) is 3. The van der Waals surface area contributed by atoms with E-state index in [1.165, 1.54) is 18.2 Å². The molecule has 0 aliphatic rings. The fourth-order valence-corrected chi connectivity index (χ4v) is 1.42. The number of nitrogens with one attached hydrogen (secondary N) is 1. The highest BCUT2D eigenvalue weighted by molar-refractivity contribution is 6.32. The van der Waals surface area contributed by atoms with Crippen LogP contribution in [0.2, 0.25) is 5.02 Å². The minimum absolute atomic E-state index is 0.0117. The van der Waals surface area contributed by atoms with Gasteiger partial charge >= 0.3 is 0 Å². The number of halogens is 1. The van der Waals surface area contributed by atoms with Gasteiger partial charge in [0, 0.05) is 18.2 Å². The molecule has 0 heterocycles. The van der Waals surface area contributed by atoms with Crippen molar-refractivity contribution in [2.75, 3.05) is 6.61 Å². The Kier molecular flexibility index (Phi) is 4.78. The molecule has 1 aromatic carbocycles. The maximum Gasteiger partial charge on any atom is 0.251 e. The number of phenols is 1. The van der Waals surface area contributed by atoms with Crippen LogP contribution >= 0.6 is 11.6 Å². The second kappa shape index (κ2) is 5.89. The van der Waals surface area contributed by atoms with Gasteiger partial charge in [0.2, 0.25) is 0 Å². The van der Waals surface area contributed by atoms with Crippen LogP contribution < -0.4 is 5.32 Å². The van der Waals surface area contributed by atoms with Crippen LogP contribution in [0.1, 0.15) is 24.2 Å². The lowest BCUT2D eigenvalue weighted by Gasteiger charge is -2.19. The van der Waals surface area contributed by atoms with Crippen LogP contribution in [-0.4, -0.2) is 28.8 Å². The molecule has 0 aliphatic carbocycles. The Hall–Kier alpha value is -1.26. The van der Waals surface area contributed by atoms with Gasteiger partial charge in [-0.15, -0.1) is 0 Å². The lowest BCUT2D eigenvalue weighted by molar-refractivity contribution is 0.0916. The highest BCUT2D eigenvalue weighted by Gasteiger charge is 2.15. The van der Waals surface area contributed by atoms with Gasteiger partial charge in [-0.1, -0.05) is 18.5 Å². The normalized spacial score (nSPS) is 14.1. The van der Waals surface area contributed by atoms with Gasteiger partial charge in [0.05, 0.1) is 5.02 Å². The van der Waals surface area contributed by atoms with Crippen molar-refractivity contribution < 1.29 is 15.0 Å². The number of aliphatic hydroxyl groups is 1. The van der Waals surface area contributed by atoms with Crippen molar-refractivity contribution in [1.82, 2.24) is 5.32 Å². The van der Waals surface area contributed by atoms with E-state index in [9.17, 15) is 9.90 Å². The predicted octanol–water partition coefficient (Wildman–Crippen LogP) is 1.79. The lowest BCUT2D eigenvalue weighted by Crippen LogP contribution is -2.38. The summed E-state index contributed by atoms with van der Waals surface area (Å²) < 4.78 is 0. The Labute approximate surface area is 105 Å². The number of benzene rings is 1. The molecule has 0 saturated carbocycles. The molecule has 1 rings (SSSR count). The third kappa shape index (κ3) is 3.61. The van der Waals surface area contributed by atoms with Crippen LogP contribution in [0, 0.1) is 5.92 Å². The first kappa shape index (κ1) is 13.8. The largest absolute Gasteiger partial charge is 0.506 e. The molecule has 0 radical (unpaired) electrons. The predicted molar refractivity (Wildman–Crippen MR) is 66.3 cm³/mol. The maximum absolute atomic E-state index is 11.8. The standard InChI is InChI=1S/C12H16ClNO3/c1-7(6-15)8(2)14-12(17)9-3-4-11(16)10(13)5-9/h3-5,7-8,15-16H,6H2,1-2H3,(H,14,17). The van der Waals surface area contributed by atoms with E-state index in [-0.39, 0.29) is 35.2 Å². The molecular formula is C12H16ClNO3. The molecule has 0 aromatic heterocycles. The summed E-state index contributed by atoms with van der Waals surface area (Å²) in [5.41, 5.74) is 0.379. The topological polar surface area (TPSA) is 69.6 Å². The number of carbonyl (C=O) groups excluding carboxylic acids is 1. The number of amides is 1. The van der Waals surface area contributed by atoms with Crippen molar-refractivity contribution in [3.05, 3.63) is 28.8 Å². The minimum atomic E-state index is -0.278. The second-order valence-corrected chi connectivity index (χ2v) is 4.50. The molecule has 1 amide bonds. The molecule has 4 nitrogen and oxygen atoms in total. The van der Waals surface area contributed by atoms with E-state index in [2.05, 4.69) is 5.32 Å². The summed E-state index contributed by atoms with van der Waals surface area (Å²) in [5.74, 6) is -0.355. The molecular weight excluding hydrogens is 242 g/mol. The number of rotatable bonds is 4. The van der Waals surface area contributed by atoms with Gasteiger partial charge in [0.1, 0.15) is 5.75 Å². The summed E-state index contributed by atoms with van der Waals surface area (Å²) >= 11 is 5.71. The van der Waals surface area contributed by atoms with Crippen LogP contribution in [0.15, 0.2) is 18.2 Å². The molecule has 17 heavy (non-hydrogen) atoms. The fourth-order valence-electron chi connectivity index (χ4n) is 1.24. The first-order chi connectivity index (χ1) is 7.95. The highest BCUT2D eigenvalue weighted by Crippen LogP contribution is 2.23. The van der Waals surface area contributed by atoms with Crippen LogP contribution in [0.5, 0.6) is 5.75 Å². The summed E-state index contributed by atoms with van der Waals surface area (Å²) in [6.45, 7) is 3.67. The zero-order valence-electron chi connectivity index (χ0n) is 9.77. The van der Waals surface area contributed by atoms with Crippen LogP contribution in [0.25, 0.3) is 0 Å². The molecule has 2 unspecified atom stereocenters. The van der Waals surface area contributed by atoms with Crippen molar-refractivity contribution in [2.45, 2.75) is 19.9 Å². The monoisotopic (exact) mass is 257 g/mol. The van der Waals surface area contributed by atoms with Crippen LogP contribution in [0.3, 0.4) is 0 Å². The smallest absolute Gasteiger partial charge is 0.251 e. The van der Waals surface area contributed by atoms with E-state index >= 15 is 0 Å². The Morgan fingerprint density at radius 2 is 2.12 bits per heavy atom. The third-order valence-electron chi connectivity index (χ3n) is 2.71. The molecule has 2 atom stereocenters. The lowest BCUT2D eigenvalue weighted by atomic mass is 10.0. The van der Waals surface area contributed by atoms with E-state index in [0.717, 1.165) is 0 Å². The van der Waals surface area contributed by atoms with Gasteiger partial charge in [0.15, 0.2) is 0 Å². The van der Waals surface area contributed by atoms with E-state index in [1.54, 1.807) is 0 Å². The molecule has 94 valence electrons. The summed E-state index contributed by atoms with van der Waals surface area (Å²) in [5, 5.41) is 21.1. The molecule has 0 bridgehead atoms. The van der Waals surface area contributed by atoms with Crippen molar-refractivity contribution in [3.63, 3.8) is 0 Å². The average Bonchev–Trinajstić information content (AvgIpc) is 2.31. The second-order valence-electron chi connectivity index (χ2n) is 4.09. The molecule has 0 spiro atoms. The van der Waals surface area contributed by atoms with Crippen molar-refractivity contribution >= 4 is 17.5 Å². The molecule has 3 N–H and O–H groups in total. The van der Waals surface area contributed by atoms with E-state index in [4.69, 9.17) is 16.7 Å². The Balaban J connectivity index is 2.73. The quantitative estimate of drug-likeness (QED) is 0.770. The summed E-state index contributed by atoms with van der Waals surface area (Å²) in [4.78, 5) is 11.8. The van der Waals surface area contributed by atoms with Crippen molar-refractivity contribution in [3.8, 4) is 5.75 Å². The van der Waals surface area contributed by atoms with Gasteiger partial charge in [-0.05, 0) is 31.0 Å². The number of hydrogen-bond donors (Lipinski definition) is 3. The van der Waals surface area contributed by atoms with Crippen LogP contribution in [-0.2, 0) is 0 Å².